The van der Waals surface area contributed by atoms with Crippen LogP contribution in [0.15, 0.2) is 47.4 Å². The zero-order chi connectivity index (χ0) is 14.3. The first-order valence-corrected chi connectivity index (χ1v) is 5.77. The lowest BCUT2D eigenvalue weighted by molar-refractivity contribution is 0.186. The predicted octanol–water partition coefficient (Wildman–Crippen LogP) is 2.15. The molecular formula is C14H9FN2O3. The SMILES string of the molecule is O=c1c(-c2ccccc2)c(O)c2cc(F)cnc2n1O. The van der Waals surface area contributed by atoms with E-state index in [4.69, 9.17) is 0 Å². The lowest BCUT2D eigenvalue weighted by Gasteiger charge is -2.09. The van der Waals surface area contributed by atoms with Crippen molar-refractivity contribution in [2.75, 3.05) is 0 Å². The zero-order valence-corrected chi connectivity index (χ0v) is 10.1. The molecule has 2 N–H and O–H groups in total. The number of pyridine rings is 2. The maximum atomic E-state index is 13.2. The van der Waals surface area contributed by atoms with Crippen molar-refractivity contribution < 1.29 is 14.7 Å². The Kier molecular flexibility index (Phi) is 2.64. The summed E-state index contributed by atoms with van der Waals surface area (Å²) in [5.41, 5.74) is -0.703. The number of fused-ring (bicyclic) bond motifs is 1. The standard InChI is InChI=1S/C14H9FN2O3/c15-9-6-10-12(18)11(8-4-2-1-3-5-8)14(19)17(20)13(10)16-7-9/h1-7,18,20H. The zero-order valence-electron chi connectivity index (χ0n) is 10.1. The van der Waals surface area contributed by atoms with E-state index in [0.29, 0.717) is 10.3 Å². The van der Waals surface area contributed by atoms with Crippen LogP contribution in [0.1, 0.15) is 0 Å². The summed E-state index contributed by atoms with van der Waals surface area (Å²) in [6.45, 7) is 0. The van der Waals surface area contributed by atoms with Crippen molar-refractivity contribution in [3.63, 3.8) is 0 Å². The molecule has 0 unspecified atom stereocenters. The molecule has 3 aromatic rings. The van der Waals surface area contributed by atoms with Gasteiger partial charge in [-0.05, 0) is 11.6 Å². The Morgan fingerprint density at radius 3 is 2.60 bits per heavy atom. The molecule has 0 saturated heterocycles. The summed E-state index contributed by atoms with van der Waals surface area (Å²) < 4.78 is 13.5. The second-order valence-corrected chi connectivity index (χ2v) is 4.23. The van der Waals surface area contributed by atoms with Crippen molar-refractivity contribution in [3.8, 4) is 16.9 Å². The molecule has 0 saturated carbocycles. The highest BCUT2D eigenvalue weighted by atomic mass is 19.1. The van der Waals surface area contributed by atoms with Gasteiger partial charge < -0.3 is 10.3 Å². The Bertz CT molecular complexity index is 860. The summed E-state index contributed by atoms with van der Waals surface area (Å²) in [7, 11) is 0. The number of nitrogens with zero attached hydrogens (tertiary/aromatic N) is 2. The third-order valence-corrected chi connectivity index (χ3v) is 2.99. The highest BCUT2D eigenvalue weighted by Crippen LogP contribution is 2.31. The predicted molar refractivity (Wildman–Crippen MR) is 70.2 cm³/mol. The Hall–Kier alpha value is -2.89. The van der Waals surface area contributed by atoms with Gasteiger partial charge in [0.25, 0.3) is 5.56 Å². The monoisotopic (exact) mass is 272 g/mol. The highest BCUT2D eigenvalue weighted by molar-refractivity contribution is 5.89. The lowest BCUT2D eigenvalue weighted by Crippen LogP contribution is -2.21. The minimum Gasteiger partial charge on any atom is -0.506 e. The fraction of sp³-hybridized carbons (Fsp3) is 0. The number of hydrogen-bond donors (Lipinski definition) is 2. The molecule has 0 aliphatic heterocycles. The Balaban J connectivity index is 2.48. The van der Waals surface area contributed by atoms with E-state index < -0.39 is 17.1 Å². The van der Waals surface area contributed by atoms with Crippen LogP contribution in [-0.4, -0.2) is 20.0 Å². The van der Waals surface area contributed by atoms with Gasteiger partial charge in [0.1, 0.15) is 11.6 Å². The number of rotatable bonds is 1. The highest BCUT2D eigenvalue weighted by Gasteiger charge is 2.18. The van der Waals surface area contributed by atoms with Crippen molar-refractivity contribution in [2.45, 2.75) is 0 Å². The molecule has 0 radical (unpaired) electrons. The molecule has 0 fully saturated rings. The van der Waals surface area contributed by atoms with E-state index in [1.54, 1.807) is 30.3 Å². The number of aromatic nitrogens is 2. The van der Waals surface area contributed by atoms with Crippen LogP contribution in [0.3, 0.4) is 0 Å². The number of aromatic hydroxyl groups is 1. The lowest BCUT2D eigenvalue weighted by atomic mass is 10.0. The van der Waals surface area contributed by atoms with E-state index in [0.717, 1.165) is 12.3 Å². The number of halogens is 1. The van der Waals surface area contributed by atoms with Crippen LogP contribution in [0.5, 0.6) is 5.75 Å². The molecule has 2 aromatic heterocycles. The third kappa shape index (κ3) is 1.70. The molecule has 3 rings (SSSR count). The topological polar surface area (TPSA) is 75.3 Å². The van der Waals surface area contributed by atoms with Gasteiger partial charge in [-0.25, -0.2) is 9.37 Å². The van der Waals surface area contributed by atoms with Gasteiger partial charge in [-0.2, -0.15) is 0 Å². The molecule has 6 heteroatoms. The third-order valence-electron chi connectivity index (χ3n) is 2.99. The molecule has 0 aliphatic carbocycles. The van der Waals surface area contributed by atoms with Crippen molar-refractivity contribution >= 4 is 11.0 Å². The fourth-order valence-corrected chi connectivity index (χ4v) is 2.08. The molecule has 0 spiro atoms. The molecule has 0 atom stereocenters. The van der Waals surface area contributed by atoms with Gasteiger partial charge >= 0.3 is 0 Å². The summed E-state index contributed by atoms with van der Waals surface area (Å²) >= 11 is 0. The number of hydrogen-bond acceptors (Lipinski definition) is 4. The minimum atomic E-state index is -0.819. The molecule has 20 heavy (non-hydrogen) atoms. The van der Waals surface area contributed by atoms with Crippen molar-refractivity contribution in [1.82, 2.24) is 9.71 Å². The molecule has 5 nitrogen and oxygen atoms in total. The van der Waals surface area contributed by atoms with Gasteiger partial charge in [0.05, 0.1) is 17.1 Å². The summed E-state index contributed by atoms with van der Waals surface area (Å²) in [6.07, 6.45) is 0.857. The van der Waals surface area contributed by atoms with E-state index in [-0.39, 0.29) is 16.6 Å². The van der Waals surface area contributed by atoms with Gasteiger partial charge in [-0.1, -0.05) is 30.3 Å². The average molecular weight is 272 g/mol. The second-order valence-electron chi connectivity index (χ2n) is 4.23. The number of benzene rings is 1. The first-order valence-electron chi connectivity index (χ1n) is 5.77. The quantitative estimate of drug-likeness (QED) is 0.665. The summed E-state index contributed by atoms with van der Waals surface area (Å²) in [5, 5.41) is 20.0. The van der Waals surface area contributed by atoms with Gasteiger partial charge in [0.15, 0.2) is 5.65 Å². The Morgan fingerprint density at radius 1 is 1.20 bits per heavy atom. The molecule has 0 bridgehead atoms. The van der Waals surface area contributed by atoms with Crippen LogP contribution in [0.4, 0.5) is 4.39 Å². The first-order chi connectivity index (χ1) is 9.59. The van der Waals surface area contributed by atoms with Crippen LogP contribution in [0.25, 0.3) is 22.2 Å². The maximum absolute atomic E-state index is 13.2. The average Bonchev–Trinajstić information content (AvgIpc) is 2.46. The second kappa shape index (κ2) is 4.34. The summed E-state index contributed by atoms with van der Waals surface area (Å²) in [5.74, 6) is -1.08. The van der Waals surface area contributed by atoms with Crippen LogP contribution >= 0.6 is 0 Å². The van der Waals surface area contributed by atoms with Gasteiger partial charge in [-0.3, -0.25) is 4.79 Å². The van der Waals surface area contributed by atoms with Crippen LogP contribution < -0.4 is 5.56 Å². The van der Waals surface area contributed by atoms with Crippen LogP contribution in [0.2, 0.25) is 0 Å². The molecule has 1 aromatic carbocycles. The molecule has 0 aliphatic rings. The normalized spacial score (nSPS) is 10.8. The van der Waals surface area contributed by atoms with E-state index >= 15 is 0 Å². The van der Waals surface area contributed by atoms with E-state index in [2.05, 4.69) is 4.98 Å². The molecule has 0 amide bonds. The van der Waals surface area contributed by atoms with E-state index in [1.807, 2.05) is 0 Å². The summed E-state index contributed by atoms with van der Waals surface area (Å²) in [6, 6.07) is 9.34. The maximum Gasteiger partial charge on any atom is 0.296 e. The van der Waals surface area contributed by atoms with Crippen molar-refractivity contribution in [1.29, 1.82) is 0 Å². The fourth-order valence-electron chi connectivity index (χ4n) is 2.08. The largest absolute Gasteiger partial charge is 0.506 e. The van der Waals surface area contributed by atoms with Gasteiger partial charge in [-0.15, -0.1) is 4.73 Å². The Labute approximate surface area is 112 Å². The van der Waals surface area contributed by atoms with Crippen LogP contribution in [-0.2, 0) is 0 Å². The molecular weight excluding hydrogens is 263 g/mol. The van der Waals surface area contributed by atoms with E-state index in [9.17, 15) is 19.5 Å². The minimum absolute atomic E-state index is 0.0362. The van der Waals surface area contributed by atoms with Crippen molar-refractivity contribution in [3.05, 3.63) is 58.8 Å². The smallest absolute Gasteiger partial charge is 0.296 e. The Morgan fingerprint density at radius 2 is 1.90 bits per heavy atom. The van der Waals surface area contributed by atoms with Gasteiger partial charge in [0, 0.05) is 0 Å². The van der Waals surface area contributed by atoms with Crippen molar-refractivity contribution in [2.24, 2.45) is 0 Å². The van der Waals surface area contributed by atoms with Crippen LogP contribution in [0, 0.1) is 5.82 Å². The molecule has 2 heterocycles. The first kappa shape index (κ1) is 12.2. The molecule has 100 valence electrons. The summed E-state index contributed by atoms with van der Waals surface area (Å²) in [4.78, 5) is 15.7. The van der Waals surface area contributed by atoms with E-state index in [1.165, 1.54) is 0 Å². The van der Waals surface area contributed by atoms with Gasteiger partial charge in [0.2, 0.25) is 0 Å².